The van der Waals surface area contributed by atoms with Crippen LogP contribution < -0.4 is 4.74 Å². The summed E-state index contributed by atoms with van der Waals surface area (Å²) in [4.78, 5) is 0. The van der Waals surface area contributed by atoms with E-state index in [0.29, 0.717) is 17.7 Å². The second-order valence-corrected chi connectivity index (χ2v) is 4.15. The van der Waals surface area contributed by atoms with Crippen molar-refractivity contribution in [2.75, 3.05) is 6.61 Å². The van der Waals surface area contributed by atoms with Gasteiger partial charge in [0, 0.05) is 6.07 Å². The van der Waals surface area contributed by atoms with E-state index in [9.17, 15) is 9.50 Å². The van der Waals surface area contributed by atoms with Gasteiger partial charge in [-0.3, -0.25) is 0 Å². The number of aliphatic hydroxyl groups is 2. The van der Waals surface area contributed by atoms with Gasteiger partial charge in [-0.05, 0) is 37.0 Å². The van der Waals surface area contributed by atoms with Gasteiger partial charge in [0.05, 0.1) is 6.61 Å². The first-order valence-electron chi connectivity index (χ1n) is 5.36. The minimum Gasteiger partial charge on any atom is -0.487 e. The molecule has 2 rings (SSSR count). The molecule has 1 aromatic carbocycles. The van der Waals surface area contributed by atoms with Crippen LogP contribution in [0.25, 0.3) is 0 Å². The van der Waals surface area contributed by atoms with Crippen LogP contribution in [-0.4, -0.2) is 29.0 Å². The average molecular weight is 226 g/mol. The molecular weight excluding hydrogens is 211 g/mol. The maximum absolute atomic E-state index is 13.3. The van der Waals surface area contributed by atoms with Crippen molar-refractivity contribution in [3.8, 4) is 5.75 Å². The summed E-state index contributed by atoms with van der Waals surface area (Å²) >= 11 is 0. The summed E-state index contributed by atoms with van der Waals surface area (Å²) in [5.74, 6) is 0.171. The SMILES string of the molecule is Cc1cc2c(cc1F)O[C@H]([C@@H](O)CO)CC2. The van der Waals surface area contributed by atoms with E-state index in [1.807, 2.05) is 0 Å². The molecule has 0 spiro atoms. The summed E-state index contributed by atoms with van der Waals surface area (Å²) in [6.45, 7) is 1.37. The Balaban J connectivity index is 2.23. The van der Waals surface area contributed by atoms with Gasteiger partial charge >= 0.3 is 0 Å². The summed E-state index contributed by atoms with van der Waals surface area (Å²) in [7, 11) is 0. The van der Waals surface area contributed by atoms with Crippen molar-refractivity contribution in [2.45, 2.75) is 32.0 Å². The number of hydrogen-bond acceptors (Lipinski definition) is 3. The molecule has 1 aliphatic heterocycles. The summed E-state index contributed by atoms with van der Waals surface area (Å²) in [5.41, 5.74) is 1.56. The monoisotopic (exact) mass is 226 g/mol. The minimum atomic E-state index is -0.905. The lowest BCUT2D eigenvalue weighted by atomic mass is 9.98. The fourth-order valence-corrected chi connectivity index (χ4v) is 1.94. The molecule has 1 aliphatic rings. The predicted octanol–water partition coefficient (Wildman–Crippen LogP) is 1.18. The molecule has 0 aliphatic carbocycles. The lowest BCUT2D eigenvalue weighted by molar-refractivity contribution is -0.00974. The largest absolute Gasteiger partial charge is 0.487 e. The summed E-state index contributed by atoms with van der Waals surface area (Å²) in [5, 5.41) is 18.3. The van der Waals surface area contributed by atoms with Gasteiger partial charge in [-0.15, -0.1) is 0 Å². The number of halogens is 1. The van der Waals surface area contributed by atoms with Crippen LogP contribution in [0.15, 0.2) is 12.1 Å². The number of rotatable bonds is 2. The number of aryl methyl sites for hydroxylation is 2. The van der Waals surface area contributed by atoms with Crippen molar-refractivity contribution in [1.82, 2.24) is 0 Å². The molecule has 0 amide bonds. The molecule has 4 heteroatoms. The molecule has 88 valence electrons. The maximum Gasteiger partial charge on any atom is 0.129 e. The zero-order valence-corrected chi connectivity index (χ0v) is 9.11. The van der Waals surface area contributed by atoms with E-state index in [-0.39, 0.29) is 12.4 Å². The van der Waals surface area contributed by atoms with Gasteiger partial charge in [0.15, 0.2) is 0 Å². The molecule has 1 heterocycles. The first-order valence-corrected chi connectivity index (χ1v) is 5.36. The van der Waals surface area contributed by atoms with Crippen molar-refractivity contribution in [3.63, 3.8) is 0 Å². The fraction of sp³-hybridized carbons (Fsp3) is 0.500. The molecule has 0 saturated heterocycles. The highest BCUT2D eigenvalue weighted by atomic mass is 19.1. The molecule has 0 radical (unpaired) electrons. The van der Waals surface area contributed by atoms with Crippen LogP contribution in [0.4, 0.5) is 4.39 Å². The Hall–Kier alpha value is -1.13. The fourth-order valence-electron chi connectivity index (χ4n) is 1.94. The highest BCUT2D eigenvalue weighted by Crippen LogP contribution is 2.30. The van der Waals surface area contributed by atoms with Gasteiger partial charge in [-0.25, -0.2) is 4.39 Å². The van der Waals surface area contributed by atoms with Crippen molar-refractivity contribution in [1.29, 1.82) is 0 Å². The van der Waals surface area contributed by atoms with Gasteiger partial charge in [0.2, 0.25) is 0 Å². The Morgan fingerprint density at radius 1 is 1.56 bits per heavy atom. The van der Waals surface area contributed by atoms with Crippen molar-refractivity contribution >= 4 is 0 Å². The first kappa shape index (κ1) is 11.4. The Bertz CT molecular complexity index is 392. The Morgan fingerprint density at radius 3 is 3.00 bits per heavy atom. The number of hydrogen-bond donors (Lipinski definition) is 2. The quantitative estimate of drug-likeness (QED) is 0.796. The van der Waals surface area contributed by atoms with E-state index >= 15 is 0 Å². The molecule has 2 N–H and O–H groups in total. The number of aliphatic hydroxyl groups excluding tert-OH is 2. The van der Waals surface area contributed by atoms with E-state index in [1.165, 1.54) is 6.07 Å². The lowest BCUT2D eigenvalue weighted by Crippen LogP contribution is -2.37. The summed E-state index contributed by atoms with van der Waals surface area (Å²) in [6, 6.07) is 3.12. The van der Waals surface area contributed by atoms with Crippen LogP contribution in [0.3, 0.4) is 0 Å². The smallest absolute Gasteiger partial charge is 0.129 e. The Kier molecular flexibility index (Phi) is 3.12. The van der Waals surface area contributed by atoms with Gasteiger partial charge in [0.1, 0.15) is 23.8 Å². The van der Waals surface area contributed by atoms with Crippen molar-refractivity contribution < 1.29 is 19.3 Å². The third-order valence-electron chi connectivity index (χ3n) is 2.93. The predicted molar refractivity (Wildman–Crippen MR) is 57.0 cm³/mol. The molecular formula is C12H15FO3. The molecule has 0 unspecified atom stereocenters. The van der Waals surface area contributed by atoms with E-state index in [0.717, 1.165) is 12.0 Å². The molecule has 0 fully saturated rings. The zero-order valence-electron chi connectivity index (χ0n) is 9.11. The van der Waals surface area contributed by atoms with Crippen LogP contribution in [0.2, 0.25) is 0 Å². The molecule has 1 aromatic rings. The van der Waals surface area contributed by atoms with E-state index in [2.05, 4.69) is 0 Å². The standard InChI is InChI=1S/C12H15FO3/c1-7-4-8-2-3-11(10(15)6-14)16-12(8)5-9(7)13/h4-5,10-11,14-15H,2-3,6H2,1H3/t10-,11-/m0/s1. The second kappa shape index (κ2) is 4.39. The third-order valence-corrected chi connectivity index (χ3v) is 2.93. The van der Waals surface area contributed by atoms with Crippen LogP contribution in [-0.2, 0) is 6.42 Å². The van der Waals surface area contributed by atoms with E-state index in [1.54, 1.807) is 13.0 Å². The Labute approximate surface area is 93.5 Å². The molecule has 2 atom stereocenters. The second-order valence-electron chi connectivity index (χ2n) is 4.15. The van der Waals surface area contributed by atoms with Gasteiger partial charge in [-0.1, -0.05) is 0 Å². The zero-order chi connectivity index (χ0) is 11.7. The van der Waals surface area contributed by atoms with Crippen LogP contribution in [0.5, 0.6) is 5.75 Å². The van der Waals surface area contributed by atoms with Crippen molar-refractivity contribution in [2.24, 2.45) is 0 Å². The average Bonchev–Trinajstić information content (AvgIpc) is 2.29. The van der Waals surface area contributed by atoms with E-state index < -0.39 is 12.2 Å². The number of fused-ring (bicyclic) bond motifs is 1. The highest BCUT2D eigenvalue weighted by Gasteiger charge is 2.26. The number of ether oxygens (including phenoxy) is 1. The normalized spacial score (nSPS) is 21.1. The molecule has 0 bridgehead atoms. The van der Waals surface area contributed by atoms with Crippen LogP contribution in [0, 0.1) is 12.7 Å². The van der Waals surface area contributed by atoms with E-state index in [4.69, 9.17) is 9.84 Å². The van der Waals surface area contributed by atoms with Gasteiger partial charge in [-0.2, -0.15) is 0 Å². The van der Waals surface area contributed by atoms with Crippen molar-refractivity contribution in [3.05, 3.63) is 29.1 Å². The topological polar surface area (TPSA) is 49.7 Å². The highest BCUT2D eigenvalue weighted by molar-refractivity contribution is 5.39. The first-order chi connectivity index (χ1) is 7.61. The third kappa shape index (κ3) is 2.03. The molecule has 16 heavy (non-hydrogen) atoms. The molecule has 0 aromatic heterocycles. The van der Waals surface area contributed by atoms with Gasteiger partial charge in [0.25, 0.3) is 0 Å². The minimum absolute atomic E-state index is 0.308. The summed E-state index contributed by atoms with van der Waals surface area (Å²) < 4.78 is 18.8. The van der Waals surface area contributed by atoms with Crippen LogP contribution in [0.1, 0.15) is 17.5 Å². The molecule has 0 saturated carbocycles. The Morgan fingerprint density at radius 2 is 2.31 bits per heavy atom. The maximum atomic E-state index is 13.3. The lowest BCUT2D eigenvalue weighted by Gasteiger charge is -2.29. The van der Waals surface area contributed by atoms with Crippen LogP contribution >= 0.6 is 0 Å². The summed E-state index contributed by atoms with van der Waals surface area (Å²) in [6.07, 6.45) is 0.0231. The van der Waals surface area contributed by atoms with Gasteiger partial charge < -0.3 is 14.9 Å². The number of benzene rings is 1. The molecule has 3 nitrogen and oxygen atoms in total.